The summed E-state index contributed by atoms with van der Waals surface area (Å²) >= 11 is 6.02. The molecule has 0 spiro atoms. The Morgan fingerprint density at radius 2 is 2.28 bits per heavy atom. The Morgan fingerprint density at radius 1 is 1.50 bits per heavy atom. The summed E-state index contributed by atoms with van der Waals surface area (Å²) in [5, 5.41) is 7.39. The standard InChI is InChI=1S/C12H20ClN3O2/c1-3-4-7-16-12(17)11(13)10(9-15-16)14-6-5-8-18-2/h9,14H,3-8H2,1-2H3. The third-order valence-electron chi connectivity index (χ3n) is 2.55. The maximum atomic E-state index is 11.9. The van der Waals surface area contributed by atoms with Crippen LogP contribution in [0, 0.1) is 0 Å². The molecule has 0 fully saturated rings. The van der Waals surface area contributed by atoms with Crippen LogP contribution in [0.5, 0.6) is 0 Å². The number of anilines is 1. The largest absolute Gasteiger partial charge is 0.385 e. The van der Waals surface area contributed by atoms with Crippen molar-refractivity contribution in [3.05, 3.63) is 21.6 Å². The summed E-state index contributed by atoms with van der Waals surface area (Å²) in [6.07, 6.45) is 4.39. The molecule has 0 saturated heterocycles. The van der Waals surface area contributed by atoms with Crippen molar-refractivity contribution in [3.63, 3.8) is 0 Å². The number of hydrogen-bond donors (Lipinski definition) is 1. The Bertz CT molecular complexity index is 420. The molecule has 0 amide bonds. The van der Waals surface area contributed by atoms with E-state index in [4.69, 9.17) is 16.3 Å². The Kier molecular flexibility index (Phi) is 6.75. The second kappa shape index (κ2) is 8.11. The van der Waals surface area contributed by atoms with Gasteiger partial charge in [-0.25, -0.2) is 4.68 Å². The fourth-order valence-corrected chi connectivity index (χ4v) is 1.71. The van der Waals surface area contributed by atoms with Crippen LogP contribution in [0.3, 0.4) is 0 Å². The molecule has 102 valence electrons. The predicted octanol–water partition coefficient (Wildman–Crippen LogP) is 2.15. The number of ether oxygens (including phenoxy) is 1. The molecule has 0 saturated carbocycles. The predicted molar refractivity (Wildman–Crippen MR) is 73.4 cm³/mol. The van der Waals surface area contributed by atoms with Crippen molar-refractivity contribution >= 4 is 17.3 Å². The number of unbranched alkanes of at least 4 members (excludes halogenated alkanes) is 1. The van der Waals surface area contributed by atoms with Gasteiger partial charge in [-0.05, 0) is 12.8 Å². The van der Waals surface area contributed by atoms with E-state index in [9.17, 15) is 4.79 Å². The number of nitrogens with one attached hydrogen (secondary N) is 1. The van der Waals surface area contributed by atoms with Crippen molar-refractivity contribution in [2.75, 3.05) is 25.6 Å². The Morgan fingerprint density at radius 3 is 2.94 bits per heavy atom. The molecule has 5 nitrogen and oxygen atoms in total. The SMILES string of the molecule is CCCCn1ncc(NCCCOC)c(Cl)c1=O. The van der Waals surface area contributed by atoms with Gasteiger partial charge >= 0.3 is 0 Å². The monoisotopic (exact) mass is 273 g/mol. The number of nitrogens with zero attached hydrogens (tertiary/aromatic N) is 2. The van der Waals surface area contributed by atoms with Gasteiger partial charge in [-0.2, -0.15) is 5.10 Å². The first-order chi connectivity index (χ1) is 8.70. The molecule has 0 radical (unpaired) electrons. The lowest BCUT2D eigenvalue weighted by molar-refractivity contribution is 0.198. The third kappa shape index (κ3) is 4.31. The van der Waals surface area contributed by atoms with Crippen molar-refractivity contribution in [3.8, 4) is 0 Å². The highest BCUT2D eigenvalue weighted by Gasteiger charge is 2.08. The van der Waals surface area contributed by atoms with Crippen LogP contribution in [0.2, 0.25) is 5.02 Å². The Labute approximate surface area is 112 Å². The fraction of sp³-hybridized carbons (Fsp3) is 0.667. The lowest BCUT2D eigenvalue weighted by Gasteiger charge is -2.09. The summed E-state index contributed by atoms with van der Waals surface area (Å²) in [6, 6.07) is 0. The molecule has 1 rings (SSSR count). The minimum Gasteiger partial charge on any atom is -0.385 e. The third-order valence-corrected chi connectivity index (χ3v) is 2.91. The van der Waals surface area contributed by atoms with Gasteiger partial charge in [0.1, 0.15) is 5.02 Å². The number of methoxy groups -OCH3 is 1. The summed E-state index contributed by atoms with van der Waals surface area (Å²) in [7, 11) is 1.66. The smallest absolute Gasteiger partial charge is 0.287 e. The van der Waals surface area contributed by atoms with Gasteiger partial charge in [0.25, 0.3) is 5.56 Å². The zero-order valence-corrected chi connectivity index (χ0v) is 11.7. The second-order valence-electron chi connectivity index (χ2n) is 4.03. The van der Waals surface area contributed by atoms with Crippen LogP contribution in [0.4, 0.5) is 5.69 Å². The molecule has 1 N–H and O–H groups in total. The fourth-order valence-electron chi connectivity index (χ4n) is 1.50. The molecule has 0 atom stereocenters. The van der Waals surface area contributed by atoms with E-state index in [1.54, 1.807) is 13.3 Å². The number of hydrogen-bond acceptors (Lipinski definition) is 4. The van der Waals surface area contributed by atoms with E-state index in [0.717, 1.165) is 19.3 Å². The summed E-state index contributed by atoms with van der Waals surface area (Å²) in [5.41, 5.74) is 0.354. The lowest BCUT2D eigenvalue weighted by atomic mass is 10.3. The normalized spacial score (nSPS) is 10.6. The van der Waals surface area contributed by atoms with Crippen LogP contribution in [-0.2, 0) is 11.3 Å². The molecule has 0 aliphatic rings. The number of aromatic nitrogens is 2. The van der Waals surface area contributed by atoms with Crippen LogP contribution in [0.1, 0.15) is 26.2 Å². The van der Waals surface area contributed by atoms with Gasteiger partial charge in [0.2, 0.25) is 0 Å². The van der Waals surface area contributed by atoms with Crippen molar-refractivity contribution in [1.29, 1.82) is 0 Å². The van der Waals surface area contributed by atoms with Crippen molar-refractivity contribution in [1.82, 2.24) is 9.78 Å². The first-order valence-electron chi connectivity index (χ1n) is 6.19. The van der Waals surface area contributed by atoms with E-state index in [1.807, 2.05) is 0 Å². The molecule has 18 heavy (non-hydrogen) atoms. The number of rotatable bonds is 8. The maximum absolute atomic E-state index is 11.9. The molecule has 1 aromatic rings. The highest BCUT2D eigenvalue weighted by atomic mass is 35.5. The van der Waals surface area contributed by atoms with Gasteiger partial charge in [-0.15, -0.1) is 0 Å². The minimum absolute atomic E-state index is 0.207. The lowest BCUT2D eigenvalue weighted by Crippen LogP contribution is -2.24. The van der Waals surface area contributed by atoms with Gasteiger partial charge in [0, 0.05) is 26.8 Å². The van der Waals surface area contributed by atoms with E-state index < -0.39 is 0 Å². The maximum Gasteiger partial charge on any atom is 0.287 e. The summed E-state index contributed by atoms with van der Waals surface area (Å²) in [5.74, 6) is 0. The van der Waals surface area contributed by atoms with Gasteiger partial charge in [-0.3, -0.25) is 4.79 Å². The highest BCUT2D eigenvalue weighted by molar-refractivity contribution is 6.32. The van der Waals surface area contributed by atoms with Crippen molar-refractivity contribution in [2.24, 2.45) is 0 Å². The van der Waals surface area contributed by atoms with Crippen LogP contribution in [0.25, 0.3) is 0 Å². The Balaban J connectivity index is 2.65. The van der Waals surface area contributed by atoms with Crippen LogP contribution < -0.4 is 10.9 Å². The molecular formula is C12H20ClN3O2. The first kappa shape index (κ1) is 15.0. The van der Waals surface area contributed by atoms with E-state index in [2.05, 4.69) is 17.3 Å². The van der Waals surface area contributed by atoms with E-state index in [1.165, 1.54) is 4.68 Å². The van der Waals surface area contributed by atoms with E-state index in [-0.39, 0.29) is 10.6 Å². The average molecular weight is 274 g/mol. The van der Waals surface area contributed by atoms with Crippen LogP contribution in [-0.4, -0.2) is 30.0 Å². The quantitative estimate of drug-likeness (QED) is 0.738. The highest BCUT2D eigenvalue weighted by Crippen LogP contribution is 2.15. The molecule has 0 aliphatic heterocycles. The van der Waals surface area contributed by atoms with Gasteiger partial charge < -0.3 is 10.1 Å². The molecule has 0 bridgehead atoms. The van der Waals surface area contributed by atoms with Gasteiger partial charge in [0.05, 0.1) is 11.9 Å². The molecule has 1 aromatic heterocycles. The van der Waals surface area contributed by atoms with E-state index in [0.29, 0.717) is 25.4 Å². The summed E-state index contributed by atoms with van der Waals surface area (Å²) in [4.78, 5) is 11.9. The number of halogens is 1. The topological polar surface area (TPSA) is 56.1 Å². The zero-order valence-electron chi connectivity index (χ0n) is 10.9. The molecule has 0 aliphatic carbocycles. The van der Waals surface area contributed by atoms with Gasteiger partial charge in [0.15, 0.2) is 0 Å². The van der Waals surface area contributed by atoms with Gasteiger partial charge in [-0.1, -0.05) is 24.9 Å². The average Bonchev–Trinajstić information content (AvgIpc) is 2.38. The molecule has 0 unspecified atom stereocenters. The summed E-state index contributed by atoms with van der Waals surface area (Å²) in [6.45, 7) is 4.05. The van der Waals surface area contributed by atoms with E-state index >= 15 is 0 Å². The first-order valence-corrected chi connectivity index (χ1v) is 6.57. The van der Waals surface area contributed by atoms with Crippen molar-refractivity contribution < 1.29 is 4.74 Å². The zero-order chi connectivity index (χ0) is 13.4. The minimum atomic E-state index is -0.234. The molecule has 1 heterocycles. The van der Waals surface area contributed by atoms with Crippen molar-refractivity contribution in [2.45, 2.75) is 32.7 Å². The van der Waals surface area contributed by atoms with Crippen LogP contribution >= 0.6 is 11.6 Å². The second-order valence-corrected chi connectivity index (χ2v) is 4.41. The number of aryl methyl sites for hydroxylation is 1. The Hall–Kier alpha value is -1.07. The molecule has 0 aromatic carbocycles. The van der Waals surface area contributed by atoms with Crippen LogP contribution in [0.15, 0.2) is 11.0 Å². The molecular weight excluding hydrogens is 254 g/mol. The molecule has 6 heteroatoms. The summed E-state index contributed by atoms with van der Waals surface area (Å²) < 4.78 is 6.35.